The molecule has 2 aromatic carbocycles. The van der Waals surface area contributed by atoms with Crippen LogP contribution in [0.15, 0.2) is 53.6 Å². The first-order valence-electron chi connectivity index (χ1n) is 9.06. The van der Waals surface area contributed by atoms with Crippen LogP contribution in [0.3, 0.4) is 0 Å². The van der Waals surface area contributed by atoms with Gasteiger partial charge in [0.25, 0.3) is 5.91 Å². The Bertz CT molecular complexity index is 898. The zero-order valence-electron chi connectivity index (χ0n) is 16.1. The normalized spacial score (nSPS) is 19.2. The molecule has 1 N–H and O–H groups in total. The van der Waals surface area contributed by atoms with E-state index in [1.54, 1.807) is 44.4 Å². The highest BCUT2D eigenvalue weighted by Crippen LogP contribution is 2.30. The van der Waals surface area contributed by atoms with Crippen molar-refractivity contribution in [2.75, 3.05) is 13.7 Å². The molecule has 1 saturated heterocycles. The standard InChI is InChI=1S/C21H23N3O4/c1-4-12-28-18-13-15(10-11-17(18)27-3)14-22-24-19(25)21(2,23-20(24)26)16-8-6-5-7-9-16/h5-11,13-14H,4,12H2,1-3H3,(H,23,26)/b22-14-/t21-/m0/s1. The summed E-state index contributed by atoms with van der Waals surface area (Å²) in [7, 11) is 1.57. The average molecular weight is 381 g/mol. The van der Waals surface area contributed by atoms with Crippen LogP contribution in [-0.4, -0.2) is 36.9 Å². The summed E-state index contributed by atoms with van der Waals surface area (Å²) in [5.74, 6) is 0.757. The van der Waals surface area contributed by atoms with Gasteiger partial charge in [0.2, 0.25) is 0 Å². The SMILES string of the molecule is CCCOc1cc(/C=N\N2C(=O)N[C@@](C)(c3ccccc3)C2=O)ccc1OC. The number of nitrogens with zero attached hydrogens (tertiary/aromatic N) is 2. The second-order valence-electron chi connectivity index (χ2n) is 6.54. The monoisotopic (exact) mass is 381 g/mol. The van der Waals surface area contributed by atoms with Crippen molar-refractivity contribution in [1.82, 2.24) is 10.3 Å². The number of benzene rings is 2. The Balaban J connectivity index is 1.82. The number of rotatable bonds is 7. The van der Waals surface area contributed by atoms with Crippen LogP contribution >= 0.6 is 0 Å². The number of methoxy groups -OCH3 is 1. The Kier molecular flexibility index (Phi) is 5.63. The number of carbonyl (C=O) groups excluding carboxylic acids is 2. The summed E-state index contributed by atoms with van der Waals surface area (Å²) in [5, 5.41) is 7.67. The van der Waals surface area contributed by atoms with E-state index in [2.05, 4.69) is 10.4 Å². The van der Waals surface area contributed by atoms with Gasteiger partial charge in [0.15, 0.2) is 11.5 Å². The molecule has 0 saturated carbocycles. The third-order valence-corrected chi connectivity index (χ3v) is 4.49. The molecular weight excluding hydrogens is 358 g/mol. The van der Waals surface area contributed by atoms with Crippen LogP contribution in [0.25, 0.3) is 0 Å². The molecule has 0 aromatic heterocycles. The summed E-state index contributed by atoms with van der Waals surface area (Å²) in [4.78, 5) is 25.2. The molecule has 0 spiro atoms. The molecule has 3 amide bonds. The van der Waals surface area contributed by atoms with E-state index in [9.17, 15) is 9.59 Å². The van der Waals surface area contributed by atoms with Gasteiger partial charge in [-0.3, -0.25) is 4.79 Å². The number of carbonyl (C=O) groups is 2. The Morgan fingerprint density at radius 3 is 2.57 bits per heavy atom. The van der Waals surface area contributed by atoms with Gasteiger partial charge in [-0.25, -0.2) is 4.79 Å². The number of hydrazone groups is 1. The fourth-order valence-corrected chi connectivity index (χ4v) is 2.92. The Morgan fingerprint density at radius 2 is 1.89 bits per heavy atom. The summed E-state index contributed by atoms with van der Waals surface area (Å²) < 4.78 is 11.0. The van der Waals surface area contributed by atoms with Crippen LogP contribution in [0.4, 0.5) is 4.79 Å². The lowest BCUT2D eigenvalue weighted by molar-refractivity contribution is -0.131. The summed E-state index contributed by atoms with van der Waals surface area (Å²) in [6.07, 6.45) is 2.31. The van der Waals surface area contributed by atoms with Gasteiger partial charge in [-0.1, -0.05) is 37.3 Å². The molecule has 1 atom stereocenters. The zero-order valence-corrected chi connectivity index (χ0v) is 16.1. The number of imide groups is 1. The van der Waals surface area contributed by atoms with E-state index in [1.165, 1.54) is 6.21 Å². The highest BCUT2D eigenvalue weighted by molar-refractivity contribution is 6.07. The summed E-state index contributed by atoms with van der Waals surface area (Å²) in [6, 6.07) is 13.8. The highest BCUT2D eigenvalue weighted by Gasteiger charge is 2.49. The molecule has 1 aliphatic rings. The Hall–Kier alpha value is -3.35. The lowest BCUT2D eigenvalue weighted by Gasteiger charge is -2.20. The third-order valence-electron chi connectivity index (χ3n) is 4.49. The van der Waals surface area contributed by atoms with Gasteiger partial charge in [-0.05, 0) is 42.7 Å². The van der Waals surface area contributed by atoms with Gasteiger partial charge in [0.05, 0.1) is 19.9 Å². The third kappa shape index (κ3) is 3.69. The average Bonchev–Trinajstić information content (AvgIpc) is 2.94. The molecule has 0 radical (unpaired) electrons. The summed E-state index contributed by atoms with van der Waals surface area (Å²) in [5.41, 5.74) is 0.233. The van der Waals surface area contributed by atoms with Crippen LogP contribution in [0.2, 0.25) is 0 Å². The first kappa shape index (κ1) is 19.4. The minimum atomic E-state index is -1.15. The largest absolute Gasteiger partial charge is 0.493 e. The van der Waals surface area contributed by atoms with Crippen LogP contribution in [-0.2, 0) is 10.3 Å². The van der Waals surface area contributed by atoms with Crippen molar-refractivity contribution in [3.8, 4) is 11.5 Å². The lowest BCUT2D eigenvalue weighted by Crippen LogP contribution is -2.40. The number of urea groups is 1. The van der Waals surface area contributed by atoms with Crippen LogP contribution in [0.1, 0.15) is 31.4 Å². The van der Waals surface area contributed by atoms with Crippen molar-refractivity contribution in [3.05, 3.63) is 59.7 Å². The molecule has 1 fully saturated rings. The minimum absolute atomic E-state index is 0.434. The molecular formula is C21H23N3O4. The van der Waals surface area contributed by atoms with E-state index in [1.807, 2.05) is 25.1 Å². The first-order chi connectivity index (χ1) is 13.5. The predicted octanol–water partition coefficient (Wildman–Crippen LogP) is 3.29. The number of nitrogens with one attached hydrogen (secondary N) is 1. The van der Waals surface area contributed by atoms with Crippen LogP contribution in [0, 0.1) is 0 Å². The van der Waals surface area contributed by atoms with Gasteiger partial charge in [0.1, 0.15) is 5.54 Å². The van der Waals surface area contributed by atoms with E-state index in [0.29, 0.717) is 29.2 Å². The van der Waals surface area contributed by atoms with Gasteiger partial charge >= 0.3 is 6.03 Å². The fourth-order valence-electron chi connectivity index (χ4n) is 2.92. The number of ether oxygens (including phenoxy) is 2. The molecule has 7 heteroatoms. The summed E-state index contributed by atoms with van der Waals surface area (Å²) >= 11 is 0. The molecule has 1 aliphatic heterocycles. The molecule has 2 aromatic rings. The molecule has 28 heavy (non-hydrogen) atoms. The lowest BCUT2D eigenvalue weighted by atomic mass is 9.92. The van der Waals surface area contributed by atoms with E-state index < -0.39 is 17.5 Å². The number of hydrogen-bond donors (Lipinski definition) is 1. The van der Waals surface area contributed by atoms with E-state index in [0.717, 1.165) is 11.4 Å². The molecule has 1 heterocycles. The maximum Gasteiger partial charge on any atom is 0.346 e. The zero-order chi connectivity index (χ0) is 20.1. The number of amides is 3. The molecule has 3 rings (SSSR count). The van der Waals surface area contributed by atoms with Crippen molar-refractivity contribution in [2.24, 2.45) is 5.10 Å². The van der Waals surface area contributed by atoms with Crippen molar-refractivity contribution in [3.63, 3.8) is 0 Å². The molecule has 0 unspecified atom stereocenters. The maximum absolute atomic E-state index is 12.9. The van der Waals surface area contributed by atoms with E-state index in [4.69, 9.17) is 9.47 Å². The fraction of sp³-hybridized carbons (Fsp3) is 0.286. The second kappa shape index (κ2) is 8.12. The Labute approximate surface area is 163 Å². The quantitative estimate of drug-likeness (QED) is 0.590. The molecule has 0 aliphatic carbocycles. The topological polar surface area (TPSA) is 80.2 Å². The van der Waals surface area contributed by atoms with Gasteiger partial charge in [0, 0.05) is 0 Å². The second-order valence-corrected chi connectivity index (χ2v) is 6.54. The van der Waals surface area contributed by atoms with Crippen molar-refractivity contribution >= 4 is 18.2 Å². The predicted molar refractivity (Wildman–Crippen MR) is 106 cm³/mol. The van der Waals surface area contributed by atoms with Gasteiger partial charge in [-0.2, -0.15) is 5.10 Å². The van der Waals surface area contributed by atoms with Crippen LogP contribution < -0.4 is 14.8 Å². The van der Waals surface area contributed by atoms with Gasteiger partial charge < -0.3 is 14.8 Å². The smallest absolute Gasteiger partial charge is 0.346 e. The van der Waals surface area contributed by atoms with Crippen LogP contribution in [0.5, 0.6) is 11.5 Å². The Morgan fingerprint density at radius 1 is 1.14 bits per heavy atom. The highest BCUT2D eigenvalue weighted by atomic mass is 16.5. The van der Waals surface area contributed by atoms with Crippen molar-refractivity contribution < 1.29 is 19.1 Å². The molecule has 0 bridgehead atoms. The minimum Gasteiger partial charge on any atom is -0.493 e. The van der Waals surface area contributed by atoms with Gasteiger partial charge in [-0.15, -0.1) is 5.01 Å². The van der Waals surface area contributed by atoms with Crippen molar-refractivity contribution in [1.29, 1.82) is 0 Å². The first-order valence-corrected chi connectivity index (χ1v) is 9.06. The van der Waals surface area contributed by atoms with Crippen molar-refractivity contribution in [2.45, 2.75) is 25.8 Å². The van der Waals surface area contributed by atoms with E-state index in [-0.39, 0.29) is 0 Å². The molecule has 146 valence electrons. The maximum atomic E-state index is 12.9. The van der Waals surface area contributed by atoms with E-state index >= 15 is 0 Å². The number of hydrogen-bond acceptors (Lipinski definition) is 5. The summed E-state index contributed by atoms with van der Waals surface area (Å²) in [6.45, 7) is 4.24. The molecule has 7 nitrogen and oxygen atoms in total.